The summed E-state index contributed by atoms with van der Waals surface area (Å²) in [6.07, 6.45) is 0. The van der Waals surface area contributed by atoms with Crippen molar-refractivity contribution in [1.82, 2.24) is 0 Å². The van der Waals surface area contributed by atoms with Crippen LogP contribution in [-0.4, -0.2) is 5.97 Å². The van der Waals surface area contributed by atoms with Crippen LogP contribution < -0.4 is 4.74 Å². The van der Waals surface area contributed by atoms with Crippen LogP contribution in [0.2, 0.25) is 0 Å². The fourth-order valence-corrected chi connectivity index (χ4v) is 1.44. The van der Waals surface area contributed by atoms with E-state index in [1.165, 1.54) is 0 Å². The monoisotopic (exact) mass is 270 g/mol. The Morgan fingerprint density at radius 3 is 2.20 bits per heavy atom. The molecular formula is C16H14O4. The van der Waals surface area contributed by atoms with Gasteiger partial charge in [0.2, 0.25) is 5.76 Å². The van der Waals surface area contributed by atoms with Crippen LogP contribution in [0.4, 0.5) is 0 Å². The van der Waals surface area contributed by atoms with E-state index in [2.05, 4.69) is 11.5 Å². The van der Waals surface area contributed by atoms with Gasteiger partial charge < -0.3 is 4.74 Å². The number of benzene rings is 2. The van der Waals surface area contributed by atoms with Crippen LogP contribution >= 0.6 is 0 Å². The predicted octanol–water partition coefficient (Wildman–Crippen LogP) is 3.25. The molecule has 4 heteroatoms. The van der Waals surface area contributed by atoms with E-state index in [9.17, 15) is 4.79 Å². The van der Waals surface area contributed by atoms with E-state index in [0.717, 1.165) is 5.56 Å². The molecule has 0 aliphatic heterocycles. The van der Waals surface area contributed by atoms with Crippen LogP contribution in [0.3, 0.4) is 0 Å². The summed E-state index contributed by atoms with van der Waals surface area (Å²) in [4.78, 5) is 21.0. The fourth-order valence-electron chi connectivity index (χ4n) is 1.44. The molecule has 0 aliphatic rings. The van der Waals surface area contributed by atoms with Gasteiger partial charge in [0, 0.05) is 0 Å². The first kappa shape index (κ1) is 13.8. The third-order valence-corrected chi connectivity index (χ3v) is 2.41. The van der Waals surface area contributed by atoms with Gasteiger partial charge in [0.25, 0.3) is 0 Å². The van der Waals surface area contributed by atoms with Crippen LogP contribution in [0, 0.1) is 0 Å². The summed E-state index contributed by atoms with van der Waals surface area (Å²) in [5.41, 5.74) is 0.898. The maximum absolute atomic E-state index is 11.6. The van der Waals surface area contributed by atoms with Crippen molar-refractivity contribution in [2.24, 2.45) is 0 Å². The molecule has 0 N–H and O–H groups in total. The zero-order valence-electron chi connectivity index (χ0n) is 10.8. The molecule has 0 saturated heterocycles. The normalized spacial score (nSPS) is 9.80. The van der Waals surface area contributed by atoms with Crippen LogP contribution in [0.15, 0.2) is 73.0 Å². The zero-order chi connectivity index (χ0) is 14.2. The molecular weight excluding hydrogens is 256 g/mol. The second-order valence-corrected chi connectivity index (χ2v) is 3.96. The Morgan fingerprint density at radius 2 is 1.55 bits per heavy atom. The number of hydrogen-bond donors (Lipinski definition) is 0. The van der Waals surface area contributed by atoms with Gasteiger partial charge in [0.1, 0.15) is 12.4 Å². The molecule has 0 aromatic heterocycles. The molecule has 2 aromatic rings. The summed E-state index contributed by atoms with van der Waals surface area (Å²) < 4.78 is 5.23. The van der Waals surface area contributed by atoms with Gasteiger partial charge in [-0.05, 0) is 24.3 Å². The molecule has 102 valence electrons. The van der Waals surface area contributed by atoms with Crippen LogP contribution in [0.5, 0.6) is 5.75 Å². The van der Waals surface area contributed by atoms with E-state index < -0.39 is 5.97 Å². The highest BCUT2D eigenvalue weighted by molar-refractivity contribution is 5.85. The molecule has 0 fully saturated rings. The van der Waals surface area contributed by atoms with Crippen molar-refractivity contribution in [3.8, 4) is 5.75 Å². The Labute approximate surface area is 117 Å². The number of hydrogen-bond acceptors (Lipinski definition) is 4. The van der Waals surface area contributed by atoms with Gasteiger partial charge in [-0.15, -0.1) is 0 Å². The minimum Gasteiger partial charge on any atom is -0.450 e. The maximum Gasteiger partial charge on any atom is 0.407 e. The summed E-state index contributed by atoms with van der Waals surface area (Å²) in [7, 11) is 0. The van der Waals surface area contributed by atoms with Crippen LogP contribution in [-0.2, 0) is 21.2 Å². The fraction of sp³-hybridized carbons (Fsp3) is 0.0625. The third kappa shape index (κ3) is 4.26. The Balaban J connectivity index is 1.76. The second kappa shape index (κ2) is 7.11. The van der Waals surface area contributed by atoms with Gasteiger partial charge >= 0.3 is 5.97 Å². The summed E-state index contributed by atoms with van der Waals surface area (Å²) >= 11 is 0. The first-order valence-corrected chi connectivity index (χ1v) is 6.05. The minimum atomic E-state index is -0.759. The van der Waals surface area contributed by atoms with Crippen molar-refractivity contribution in [3.05, 3.63) is 78.6 Å². The summed E-state index contributed by atoms with van der Waals surface area (Å²) in [6.45, 7) is 3.67. The molecule has 2 aromatic carbocycles. The highest BCUT2D eigenvalue weighted by Crippen LogP contribution is 2.12. The van der Waals surface area contributed by atoms with Gasteiger partial charge in [-0.1, -0.05) is 48.5 Å². The number of para-hydroxylation sites is 1. The molecule has 0 amide bonds. The molecule has 20 heavy (non-hydrogen) atoms. The molecule has 0 bridgehead atoms. The van der Waals surface area contributed by atoms with Crippen LogP contribution in [0.25, 0.3) is 0 Å². The van der Waals surface area contributed by atoms with Gasteiger partial charge in [-0.3, -0.25) is 4.89 Å². The molecule has 0 atom stereocenters. The van der Waals surface area contributed by atoms with Crippen molar-refractivity contribution in [3.63, 3.8) is 0 Å². The molecule has 0 saturated carbocycles. The molecule has 4 nitrogen and oxygen atoms in total. The molecule has 0 aliphatic carbocycles. The molecule has 2 rings (SSSR count). The number of carbonyl (C=O) groups is 1. The lowest BCUT2D eigenvalue weighted by Gasteiger charge is -2.07. The SMILES string of the molecule is C=C(Oc1ccccc1)C(=O)OOCc1ccccc1. The average molecular weight is 270 g/mol. The number of ether oxygens (including phenoxy) is 1. The average Bonchev–Trinajstić information content (AvgIpc) is 2.49. The lowest BCUT2D eigenvalue weighted by Crippen LogP contribution is -2.12. The van der Waals surface area contributed by atoms with Crippen molar-refractivity contribution >= 4 is 5.97 Å². The minimum absolute atomic E-state index is 0.135. The molecule has 0 unspecified atom stereocenters. The number of rotatable bonds is 6. The van der Waals surface area contributed by atoms with Crippen LogP contribution in [0.1, 0.15) is 5.56 Å². The van der Waals surface area contributed by atoms with Gasteiger partial charge in [0.15, 0.2) is 0 Å². The highest BCUT2D eigenvalue weighted by Gasteiger charge is 2.12. The molecule has 0 radical (unpaired) electrons. The van der Waals surface area contributed by atoms with Crippen molar-refractivity contribution in [2.45, 2.75) is 6.61 Å². The first-order valence-electron chi connectivity index (χ1n) is 6.05. The smallest absolute Gasteiger partial charge is 0.407 e. The van der Waals surface area contributed by atoms with E-state index in [1.54, 1.807) is 24.3 Å². The summed E-state index contributed by atoms with van der Waals surface area (Å²) in [5.74, 6) is -0.383. The Bertz CT molecular complexity index is 564. The van der Waals surface area contributed by atoms with E-state index in [4.69, 9.17) is 9.62 Å². The van der Waals surface area contributed by atoms with Crippen molar-refractivity contribution < 1.29 is 19.3 Å². The Hall–Kier alpha value is -2.59. The largest absolute Gasteiger partial charge is 0.450 e. The molecule has 0 spiro atoms. The standard InChI is InChI=1S/C16H14O4/c1-13(19-15-10-6-3-7-11-15)16(17)20-18-12-14-8-4-2-5-9-14/h2-11H,1,12H2. The van der Waals surface area contributed by atoms with Gasteiger partial charge in [-0.25, -0.2) is 4.79 Å². The lowest BCUT2D eigenvalue weighted by atomic mass is 10.2. The van der Waals surface area contributed by atoms with Gasteiger partial charge in [-0.2, -0.15) is 4.89 Å². The van der Waals surface area contributed by atoms with E-state index >= 15 is 0 Å². The highest BCUT2D eigenvalue weighted by atomic mass is 17.2. The Kier molecular flexibility index (Phi) is 4.92. The van der Waals surface area contributed by atoms with E-state index in [0.29, 0.717) is 5.75 Å². The Morgan fingerprint density at radius 1 is 0.950 bits per heavy atom. The van der Waals surface area contributed by atoms with Gasteiger partial charge in [0.05, 0.1) is 0 Å². The van der Waals surface area contributed by atoms with E-state index in [1.807, 2.05) is 36.4 Å². The topological polar surface area (TPSA) is 44.8 Å². The predicted molar refractivity (Wildman–Crippen MR) is 73.5 cm³/mol. The maximum atomic E-state index is 11.6. The summed E-state index contributed by atoms with van der Waals surface area (Å²) in [5, 5.41) is 0. The quantitative estimate of drug-likeness (QED) is 0.350. The van der Waals surface area contributed by atoms with Crippen molar-refractivity contribution in [2.75, 3.05) is 0 Å². The first-order chi connectivity index (χ1) is 9.75. The second-order valence-electron chi connectivity index (χ2n) is 3.96. The number of carbonyl (C=O) groups excluding carboxylic acids is 1. The van der Waals surface area contributed by atoms with E-state index in [-0.39, 0.29) is 12.4 Å². The molecule has 0 heterocycles. The van der Waals surface area contributed by atoms with Crippen molar-refractivity contribution in [1.29, 1.82) is 0 Å². The summed E-state index contributed by atoms with van der Waals surface area (Å²) in [6, 6.07) is 18.2. The third-order valence-electron chi connectivity index (χ3n) is 2.41. The zero-order valence-corrected chi connectivity index (χ0v) is 10.8. The lowest BCUT2D eigenvalue weighted by molar-refractivity contribution is -0.277.